The SMILES string of the molecule is N#C/C(=C\c1ccc(Cl)cc1Cl)c1ccc(F)cc1. The van der Waals surface area contributed by atoms with Gasteiger partial charge in [0.05, 0.1) is 11.6 Å². The van der Waals surface area contributed by atoms with Gasteiger partial charge < -0.3 is 0 Å². The number of allylic oxidation sites excluding steroid dienone is 1. The molecule has 0 fully saturated rings. The molecule has 0 aliphatic rings. The first-order chi connectivity index (χ1) is 9.10. The van der Waals surface area contributed by atoms with Crippen LogP contribution in [0.15, 0.2) is 42.5 Å². The standard InChI is InChI=1S/C15H8Cl2FN/c16-13-4-1-11(15(17)8-13)7-12(9-19)10-2-5-14(18)6-3-10/h1-8H/b12-7+. The Morgan fingerprint density at radius 3 is 2.37 bits per heavy atom. The quantitative estimate of drug-likeness (QED) is 0.551. The van der Waals surface area contributed by atoms with Crippen LogP contribution in [-0.4, -0.2) is 0 Å². The highest BCUT2D eigenvalue weighted by Crippen LogP contribution is 2.25. The summed E-state index contributed by atoms with van der Waals surface area (Å²) in [6.45, 7) is 0. The maximum atomic E-state index is 12.9. The van der Waals surface area contributed by atoms with Crippen LogP contribution in [0.5, 0.6) is 0 Å². The van der Waals surface area contributed by atoms with Crippen molar-refractivity contribution in [2.24, 2.45) is 0 Å². The third-order valence-electron chi connectivity index (χ3n) is 2.54. The van der Waals surface area contributed by atoms with Crippen molar-refractivity contribution in [1.29, 1.82) is 5.26 Å². The topological polar surface area (TPSA) is 23.8 Å². The van der Waals surface area contributed by atoms with Gasteiger partial charge in [0.1, 0.15) is 5.82 Å². The number of hydrogen-bond donors (Lipinski definition) is 0. The van der Waals surface area contributed by atoms with Gasteiger partial charge in [0.15, 0.2) is 0 Å². The molecule has 0 aliphatic carbocycles. The first-order valence-corrected chi connectivity index (χ1v) is 6.18. The molecule has 19 heavy (non-hydrogen) atoms. The van der Waals surface area contributed by atoms with Crippen LogP contribution in [0.4, 0.5) is 4.39 Å². The Balaban J connectivity index is 2.44. The summed E-state index contributed by atoms with van der Waals surface area (Å²) in [7, 11) is 0. The summed E-state index contributed by atoms with van der Waals surface area (Å²) in [5, 5.41) is 10.2. The van der Waals surface area contributed by atoms with Gasteiger partial charge in [-0.3, -0.25) is 0 Å². The molecule has 1 nitrogen and oxygen atoms in total. The molecule has 2 aromatic rings. The summed E-state index contributed by atoms with van der Waals surface area (Å²) in [5.74, 6) is -0.342. The maximum Gasteiger partial charge on any atom is 0.123 e. The lowest BCUT2D eigenvalue weighted by Crippen LogP contribution is -1.84. The largest absolute Gasteiger partial charge is 0.207 e. The number of benzene rings is 2. The molecule has 4 heteroatoms. The molecule has 94 valence electrons. The fourth-order valence-corrected chi connectivity index (χ4v) is 2.05. The maximum absolute atomic E-state index is 12.9. The zero-order valence-electron chi connectivity index (χ0n) is 9.70. The minimum absolute atomic E-state index is 0.342. The lowest BCUT2D eigenvalue weighted by atomic mass is 10.0. The van der Waals surface area contributed by atoms with Crippen LogP contribution >= 0.6 is 23.2 Å². The first kappa shape index (κ1) is 13.6. The van der Waals surface area contributed by atoms with Crippen LogP contribution in [-0.2, 0) is 0 Å². The Kier molecular flexibility index (Phi) is 4.21. The second-order valence-corrected chi connectivity index (χ2v) is 4.69. The van der Waals surface area contributed by atoms with Crippen LogP contribution in [0.1, 0.15) is 11.1 Å². The van der Waals surface area contributed by atoms with Crippen molar-refractivity contribution >= 4 is 34.9 Å². The van der Waals surface area contributed by atoms with E-state index in [1.807, 2.05) is 0 Å². The van der Waals surface area contributed by atoms with Crippen molar-refractivity contribution in [3.63, 3.8) is 0 Å². The molecule has 0 saturated heterocycles. The molecule has 0 spiro atoms. The Morgan fingerprint density at radius 2 is 1.79 bits per heavy atom. The summed E-state index contributed by atoms with van der Waals surface area (Å²) < 4.78 is 12.9. The van der Waals surface area contributed by atoms with E-state index in [9.17, 15) is 9.65 Å². The van der Waals surface area contributed by atoms with E-state index in [1.165, 1.54) is 12.1 Å². The van der Waals surface area contributed by atoms with Gasteiger partial charge in [0.2, 0.25) is 0 Å². The lowest BCUT2D eigenvalue weighted by Gasteiger charge is -2.02. The lowest BCUT2D eigenvalue weighted by molar-refractivity contribution is 0.627. The fourth-order valence-electron chi connectivity index (χ4n) is 1.58. The highest BCUT2D eigenvalue weighted by atomic mass is 35.5. The molecule has 0 heterocycles. The highest BCUT2D eigenvalue weighted by Gasteiger charge is 2.04. The van der Waals surface area contributed by atoms with Crippen molar-refractivity contribution in [3.8, 4) is 6.07 Å². The second-order valence-electron chi connectivity index (χ2n) is 3.84. The predicted octanol–water partition coefficient (Wildman–Crippen LogP) is 5.20. The van der Waals surface area contributed by atoms with E-state index in [1.54, 1.807) is 36.4 Å². The zero-order chi connectivity index (χ0) is 13.8. The molecule has 0 unspecified atom stereocenters. The Labute approximate surface area is 120 Å². The van der Waals surface area contributed by atoms with Crippen LogP contribution in [0.3, 0.4) is 0 Å². The van der Waals surface area contributed by atoms with E-state index in [4.69, 9.17) is 23.2 Å². The van der Waals surface area contributed by atoms with Gasteiger partial charge in [-0.25, -0.2) is 4.39 Å². The Hall–Kier alpha value is -1.82. The van der Waals surface area contributed by atoms with E-state index in [0.717, 1.165) is 0 Å². The number of rotatable bonds is 2. The Morgan fingerprint density at radius 1 is 1.11 bits per heavy atom. The molecule has 0 atom stereocenters. The molecule has 2 aromatic carbocycles. The number of halogens is 3. The summed E-state index contributed by atoms with van der Waals surface area (Å²) in [4.78, 5) is 0. The van der Waals surface area contributed by atoms with Crippen LogP contribution in [0, 0.1) is 17.1 Å². The van der Waals surface area contributed by atoms with E-state index in [0.29, 0.717) is 26.7 Å². The molecule has 0 amide bonds. The zero-order valence-corrected chi connectivity index (χ0v) is 11.2. The third kappa shape index (κ3) is 3.35. The highest BCUT2D eigenvalue weighted by molar-refractivity contribution is 6.35. The normalized spacial score (nSPS) is 11.2. The van der Waals surface area contributed by atoms with Crippen molar-refractivity contribution in [1.82, 2.24) is 0 Å². The van der Waals surface area contributed by atoms with Gasteiger partial charge >= 0.3 is 0 Å². The van der Waals surface area contributed by atoms with E-state index in [-0.39, 0.29) is 5.82 Å². The smallest absolute Gasteiger partial charge is 0.123 e. The number of nitriles is 1. The van der Waals surface area contributed by atoms with Gasteiger partial charge in [-0.1, -0.05) is 41.4 Å². The summed E-state index contributed by atoms with van der Waals surface area (Å²) >= 11 is 11.9. The average molecular weight is 292 g/mol. The minimum Gasteiger partial charge on any atom is -0.207 e. The predicted molar refractivity (Wildman–Crippen MR) is 76.3 cm³/mol. The molecule has 0 aromatic heterocycles. The van der Waals surface area contributed by atoms with Crippen molar-refractivity contribution in [2.45, 2.75) is 0 Å². The molecule has 2 rings (SSSR count). The average Bonchev–Trinajstić information content (AvgIpc) is 2.39. The molecule has 0 radical (unpaired) electrons. The van der Waals surface area contributed by atoms with Gasteiger partial charge in [0.25, 0.3) is 0 Å². The molecule has 0 bridgehead atoms. The van der Waals surface area contributed by atoms with Gasteiger partial charge in [-0.05, 0) is 41.5 Å². The molecule has 0 N–H and O–H groups in total. The van der Waals surface area contributed by atoms with Crippen LogP contribution < -0.4 is 0 Å². The van der Waals surface area contributed by atoms with Crippen LogP contribution in [0.2, 0.25) is 10.0 Å². The van der Waals surface area contributed by atoms with E-state index < -0.39 is 0 Å². The van der Waals surface area contributed by atoms with Gasteiger partial charge in [-0.15, -0.1) is 0 Å². The number of nitrogens with zero attached hydrogens (tertiary/aromatic N) is 1. The summed E-state index contributed by atoms with van der Waals surface area (Å²) in [6.07, 6.45) is 1.64. The third-order valence-corrected chi connectivity index (χ3v) is 3.10. The minimum atomic E-state index is -0.342. The van der Waals surface area contributed by atoms with Gasteiger partial charge in [-0.2, -0.15) is 5.26 Å². The second kappa shape index (κ2) is 5.88. The van der Waals surface area contributed by atoms with E-state index in [2.05, 4.69) is 6.07 Å². The summed E-state index contributed by atoms with van der Waals surface area (Å²) in [5.41, 5.74) is 1.73. The Bertz CT molecular complexity index is 670. The number of hydrogen-bond acceptors (Lipinski definition) is 1. The van der Waals surface area contributed by atoms with Gasteiger partial charge in [0, 0.05) is 10.0 Å². The molecule has 0 aliphatic heterocycles. The molecular formula is C15H8Cl2FN. The van der Waals surface area contributed by atoms with Crippen LogP contribution in [0.25, 0.3) is 11.6 Å². The summed E-state index contributed by atoms with van der Waals surface area (Å²) in [6, 6.07) is 12.8. The first-order valence-electron chi connectivity index (χ1n) is 5.43. The molecule has 0 saturated carbocycles. The van der Waals surface area contributed by atoms with Crippen molar-refractivity contribution in [3.05, 3.63) is 69.5 Å². The monoisotopic (exact) mass is 291 g/mol. The fraction of sp³-hybridized carbons (Fsp3) is 0. The van der Waals surface area contributed by atoms with Crippen molar-refractivity contribution < 1.29 is 4.39 Å². The van der Waals surface area contributed by atoms with Crippen molar-refractivity contribution in [2.75, 3.05) is 0 Å². The van der Waals surface area contributed by atoms with E-state index >= 15 is 0 Å². The molecular weight excluding hydrogens is 284 g/mol.